The van der Waals surface area contributed by atoms with Crippen LogP contribution in [0.4, 0.5) is 8.78 Å². The van der Waals surface area contributed by atoms with E-state index in [4.69, 9.17) is 0 Å². The number of carbonyl (C=O) groups is 2. The van der Waals surface area contributed by atoms with Crippen molar-refractivity contribution in [1.29, 1.82) is 0 Å². The fourth-order valence-electron chi connectivity index (χ4n) is 2.20. The Morgan fingerprint density at radius 1 is 1.00 bits per heavy atom. The summed E-state index contributed by atoms with van der Waals surface area (Å²) in [6.45, 7) is 1.58. The van der Waals surface area contributed by atoms with Crippen molar-refractivity contribution in [1.82, 2.24) is 10.6 Å². The van der Waals surface area contributed by atoms with Crippen LogP contribution in [0.15, 0.2) is 48.5 Å². The first-order chi connectivity index (χ1) is 11.4. The van der Waals surface area contributed by atoms with E-state index in [1.165, 1.54) is 30.3 Å². The van der Waals surface area contributed by atoms with Crippen molar-refractivity contribution in [3.05, 3.63) is 71.3 Å². The third-order valence-corrected chi connectivity index (χ3v) is 3.45. The molecule has 0 radical (unpaired) electrons. The molecule has 0 aliphatic rings. The number of amides is 2. The SMILES string of the molecule is C[C@@H](NC(=O)CNC(=O)Cc1cccc(F)c1)c1ccc(F)cc1. The molecule has 2 aromatic carbocycles. The minimum Gasteiger partial charge on any atom is -0.348 e. The van der Waals surface area contributed by atoms with Gasteiger partial charge in [0.15, 0.2) is 0 Å². The smallest absolute Gasteiger partial charge is 0.239 e. The number of hydrogen-bond donors (Lipinski definition) is 2. The summed E-state index contributed by atoms with van der Waals surface area (Å²) in [5.74, 6) is -1.49. The maximum atomic E-state index is 13.0. The highest BCUT2D eigenvalue weighted by atomic mass is 19.1. The number of benzene rings is 2. The molecule has 0 fully saturated rings. The molecule has 0 unspecified atom stereocenters. The molecule has 0 saturated heterocycles. The summed E-state index contributed by atoms with van der Waals surface area (Å²) >= 11 is 0. The third kappa shape index (κ3) is 5.46. The summed E-state index contributed by atoms with van der Waals surface area (Å²) in [6.07, 6.45) is -0.00143. The van der Waals surface area contributed by atoms with E-state index in [1.54, 1.807) is 25.1 Å². The summed E-state index contributed by atoms with van der Waals surface area (Å²) in [7, 11) is 0. The van der Waals surface area contributed by atoms with E-state index in [-0.39, 0.29) is 36.6 Å². The second-order valence-electron chi connectivity index (χ2n) is 5.42. The highest BCUT2D eigenvalue weighted by molar-refractivity contribution is 5.85. The Labute approximate surface area is 138 Å². The van der Waals surface area contributed by atoms with Gasteiger partial charge in [0.2, 0.25) is 11.8 Å². The Balaban J connectivity index is 1.78. The lowest BCUT2D eigenvalue weighted by Gasteiger charge is -2.14. The maximum Gasteiger partial charge on any atom is 0.239 e. The molecule has 2 N–H and O–H groups in total. The van der Waals surface area contributed by atoms with E-state index in [0.29, 0.717) is 5.56 Å². The van der Waals surface area contributed by atoms with E-state index >= 15 is 0 Å². The van der Waals surface area contributed by atoms with Crippen LogP contribution >= 0.6 is 0 Å². The lowest BCUT2D eigenvalue weighted by molar-refractivity contribution is -0.126. The van der Waals surface area contributed by atoms with E-state index < -0.39 is 5.82 Å². The van der Waals surface area contributed by atoms with Crippen molar-refractivity contribution >= 4 is 11.8 Å². The van der Waals surface area contributed by atoms with Crippen LogP contribution in [0.1, 0.15) is 24.1 Å². The molecule has 0 saturated carbocycles. The first-order valence-electron chi connectivity index (χ1n) is 7.50. The Kier molecular flexibility index (Phi) is 6.01. The fraction of sp³-hybridized carbons (Fsp3) is 0.222. The van der Waals surface area contributed by atoms with Gasteiger partial charge in [-0.1, -0.05) is 24.3 Å². The van der Waals surface area contributed by atoms with Gasteiger partial charge in [-0.05, 0) is 42.3 Å². The zero-order chi connectivity index (χ0) is 17.5. The topological polar surface area (TPSA) is 58.2 Å². The lowest BCUT2D eigenvalue weighted by Crippen LogP contribution is -2.38. The Morgan fingerprint density at radius 2 is 1.71 bits per heavy atom. The number of rotatable bonds is 6. The molecule has 0 aromatic heterocycles. The highest BCUT2D eigenvalue weighted by Crippen LogP contribution is 2.12. The zero-order valence-corrected chi connectivity index (χ0v) is 13.2. The predicted molar refractivity (Wildman–Crippen MR) is 86.1 cm³/mol. The van der Waals surface area contributed by atoms with E-state index in [0.717, 1.165) is 5.56 Å². The maximum absolute atomic E-state index is 13.0. The van der Waals surface area contributed by atoms with Crippen molar-refractivity contribution in [3.8, 4) is 0 Å². The van der Waals surface area contributed by atoms with Gasteiger partial charge < -0.3 is 10.6 Å². The normalized spacial score (nSPS) is 11.6. The molecule has 0 aliphatic carbocycles. The Bertz CT molecular complexity index is 717. The molecular formula is C18H18F2N2O2. The van der Waals surface area contributed by atoms with Crippen LogP contribution in [0.2, 0.25) is 0 Å². The van der Waals surface area contributed by atoms with E-state index in [1.807, 2.05) is 0 Å². The average Bonchev–Trinajstić information content (AvgIpc) is 2.53. The van der Waals surface area contributed by atoms with Crippen LogP contribution in [-0.2, 0) is 16.0 Å². The first-order valence-corrected chi connectivity index (χ1v) is 7.50. The number of nitrogens with one attached hydrogen (secondary N) is 2. The average molecular weight is 332 g/mol. The minimum atomic E-state index is -0.411. The minimum absolute atomic E-state index is 0.00143. The van der Waals surface area contributed by atoms with Gasteiger partial charge in [-0.3, -0.25) is 9.59 Å². The summed E-state index contributed by atoms with van der Waals surface area (Å²) in [5, 5.41) is 5.19. The van der Waals surface area contributed by atoms with Gasteiger partial charge in [0.1, 0.15) is 11.6 Å². The number of carbonyl (C=O) groups excluding carboxylic acids is 2. The fourth-order valence-corrected chi connectivity index (χ4v) is 2.20. The van der Waals surface area contributed by atoms with E-state index in [9.17, 15) is 18.4 Å². The quantitative estimate of drug-likeness (QED) is 0.854. The van der Waals surface area contributed by atoms with Crippen molar-refractivity contribution in [2.75, 3.05) is 6.54 Å². The third-order valence-electron chi connectivity index (χ3n) is 3.45. The molecule has 0 aliphatic heterocycles. The monoisotopic (exact) mass is 332 g/mol. The van der Waals surface area contributed by atoms with Crippen molar-refractivity contribution in [3.63, 3.8) is 0 Å². The molecule has 0 spiro atoms. The second-order valence-corrected chi connectivity index (χ2v) is 5.42. The molecule has 0 bridgehead atoms. The van der Waals surface area contributed by atoms with E-state index in [2.05, 4.69) is 10.6 Å². The molecule has 2 amide bonds. The molecule has 2 aromatic rings. The Hall–Kier alpha value is -2.76. The first kappa shape index (κ1) is 17.6. The van der Waals surface area contributed by atoms with Crippen molar-refractivity contribution in [2.45, 2.75) is 19.4 Å². The van der Waals surface area contributed by atoms with Crippen LogP contribution in [0.3, 0.4) is 0 Å². The van der Waals surface area contributed by atoms with Gasteiger partial charge in [-0.25, -0.2) is 8.78 Å². The lowest BCUT2D eigenvalue weighted by atomic mass is 10.1. The largest absolute Gasteiger partial charge is 0.348 e. The molecule has 2 rings (SSSR count). The Morgan fingerprint density at radius 3 is 2.38 bits per heavy atom. The molecule has 1 atom stereocenters. The van der Waals surface area contributed by atoms with Gasteiger partial charge in [0.25, 0.3) is 0 Å². The molecular weight excluding hydrogens is 314 g/mol. The summed E-state index contributed by atoms with van der Waals surface area (Å²) in [5.41, 5.74) is 1.29. The number of hydrogen-bond acceptors (Lipinski definition) is 2. The summed E-state index contributed by atoms with van der Waals surface area (Å²) < 4.78 is 25.9. The van der Waals surface area contributed by atoms with Crippen LogP contribution in [-0.4, -0.2) is 18.4 Å². The molecule has 4 nitrogen and oxygen atoms in total. The highest BCUT2D eigenvalue weighted by Gasteiger charge is 2.11. The summed E-state index contributed by atoms with van der Waals surface area (Å²) in [4.78, 5) is 23.6. The molecule has 6 heteroatoms. The van der Waals surface area contributed by atoms with Crippen LogP contribution in [0.25, 0.3) is 0 Å². The molecule has 24 heavy (non-hydrogen) atoms. The van der Waals surface area contributed by atoms with Gasteiger partial charge in [-0.15, -0.1) is 0 Å². The second kappa shape index (κ2) is 8.19. The zero-order valence-electron chi connectivity index (χ0n) is 13.2. The molecule has 0 heterocycles. The predicted octanol–water partition coefficient (Wildman–Crippen LogP) is 2.50. The summed E-state index contributed by atoms with van der Waals surface area (Å²) in [6, 6.07) is 11.2. The van der Waals surface area contributed by atoms with Crippen LogP contribution in [0.5, 0.6) is 0 Å². The van der Waals surface area contributed by atoms with Crippen LogP contribution < -0.4 is 10.6 Å². The van der Waals surface area contributed by atoms with Crippen molar-refractivity contribution < 1.29 is 18.4 Å². The van der Waals surface area contributed by atoms with Gasteiger partial charge in [0, 0.05) is 0 Å². The number of halogens is 2. The standard InChI is InChI=1S/C18H18F2N2O2/c1-12(14-5-7-15(19)8-6-14)22-18(24)11-21-17(23)10-13-3-2-4-16(20)9-13/h2-9,12H,10-11H2,1H3,(H,21,23)(H,22,24)/t12-/m1/s1. The van der Waals surface area contributed by atoms with Gasteiger partial charge in [0.05, 0.1) is 19.0 Å². The molecule has 126 valence electrons. The van der Waals surface area contributed by atoms with Crippen molar-refractivity contribution in [2.24, 2.45) is 0 Å². The van der Waals surface area contributed by atoms with Crippen LogP contribution in [0, 0.1) is 11.6 Å². The van der Waals surface area contributed by atoms with Gasteiger partial charge >= 0.3 is 0 Å². The van der Waals surface area contributed by atoms with Gasteiger partial charge in [-0.2, -0.15) is 0 Å².